The maximum atomic E-state index is 6.05. The van der Waals surface area contributed by atoms with Crippen LogP contribution in [0.4, 0.5) is 11.8 Å². The van der Waals surface area contributed by atoms with Crippen molar-refractivity contribution < 1.29 is 9.15 Å². The van der Waals surface area contributed by atoms with E-state index in [9.17, 15) is 0 Å². The van der Waals surface area contributed by atoms with Crippen LogP contribution in [0.1, 0.15) is 30.9 Å². The Kier molecular flexibility index (Phi) is 4.93. The van der Waals surface area contributed by atoms with Crippen molar-refractivity contribution in [2.24, 2.45) is 0 Å². The highest BCUT2D eigenvalue weighted by molar-refractivity contribution is 5.89. The molecule has 0 aliphatic carbocycles. The van der Waals surface area contributed by atoms with E-state index in [1.54, 1.807) is 7.11 Å². The molecule has 6 heteroatoms. The third-order valence-electron chi connectivity index (χ3n) is 6.16. The molecule has 0 bridgehead atoms. The van der Waals surface area contributed by atoms with Crippen molar-refractivity contribution in [2.45, 2.75) is 26.7 Å². The van der Waals surface area contributed by atoms with E-state index in [2.05, 4.69) is 54.8 Å². The van der Waals surface area contributed by atoms with Crippen LogP contribution < -0.4 is 14.5 Å². The van der Waals surface area contributed by atoms with Crippen LogP contribution in [0, 0.1) is 6.92 Å². The second-order valence-corrected chi connectivity index (χ2v) is 8.51. The molecule has 2 aromatic carbocycles. The van der Waals surface area contributed by atoms with Crippen LogP contribution in [-0.2, 0) is 0 Å². The molecule has 31 heavy (non-hydrogen) atoms. The minimum atomic E-state index is 0.477. The van der Waals surface area contributed by atoms with Crippen molar-refractivity contribution in [2.75, 3.05) is 43.1 Å². The SMILES string of the molecule is COc1cccc2c(C)cc(N3CCN(c4nc5cc(C(C)C)ccc5o4)CC3)nc12. The van der Waals surface area contributed by atoms with Crippen LogP contribution in [0.3, 0.4) is 0 Å². The number of pyridine rings is 1. The molecule has 4 aromatic rings. The molecule has 6 nitrogen and oxygen atoms in total. The molecule has 1 aliphatic rings. The monoisotopic (exact) mass is 416 g/mol. The van der Waals surface area contributed by atoms with Gasteiger partial charge in [0.05, 0.1) is 7.11 Å². The van der Waals surface area contributed by atoms with Gasteiger partial charge in [-0.05, 0) is 48.2 Å². The van der Waals surface area contributed by atoms with Gasteiger partial charge in [-0.1, -0.05) is 32.0 Å². The molecule has 1 saturated heterocycles. The summed E-state index contributed by atoms with van der Waals surface area (Å²) in [4.78, 5) is 14.2. The molecule has 2 aromatic heterocycles. The van der Waals surface area contributed by atoms with E-state index in [-0.39, 0.29) is 0 Å². The zero-order valence-electron chi connectivity index (χ0n) is 18.6. The van der Waals surface area contributed by atoms with E-state index in [1.165, 1.54) is 11.1 Å². The fourth-order valence-electron chi connectivity index (χ4n) is 4.25. The minimum absolute atomic E-state index is 0.477. The van der Waals surface area contributed by atoms with Crippen LogP contribution in [-0.4, -0.2) is 43.3 Å². The lowest BCUT2D eigenvalue weighted by atomic mass is 10.0. The zero-order valence-corrected chi connectivity index (χ0v) is 18.6. The lowest BCUT2D eigenvalue weighted by Crippen LogP contribution is -2.47. The summed E-state index contributed by atoms with van der Waals surface area (Å²) in [7, 11) is 1.70. The maximum Gasteiger partial charge on any atom is 0.298 e. The first-order chi connectivity index (χ1) is 15.0. The Hall–Kier alpha value is -3.28. The summed E-state index contributed by atoms with van der Waals surface area (Å²) < 4.78 is 11.6. The molecule has 0 N–H and O–H groups in total. The molecule has 5 rings (SSSR count). The smallest absolute Gasteiger partial charge is 0.298 e. The van der Waals surface area contributed by atoms with Gasteiger partial charge in [0.1, 0.15) is 22.6 Å². The van der Waals surface area contributed by atoms with Crippen molar-refractivity contribution in [1.82, 2.24) is 9.97 Å². The quantitative estimate of drug-likeness (QED) is 0.459. The van der Waals surface area contributed by atoms with Gasteiger partial charge in [-0.15, -0.1) is 0 Å². The number of nitrogens with zero attached hydrogens (tertiary/aromatic N) is 4. The number of hydrogen-bond acceptors (Lipinski definition) is 6. The van der Waals surface area contributed by atoms with Crippen LogP contribution in [0.5, 0.6) is 5.75 Å². The van der Waals surface area contributed by atoms with Crippen molar-refractivity contribution in [1.29, 1.82) is 0 Å². The number of anilines is 2. The molecule has 3 heterocycles. The summed E-state index contributed by atoms with van der Waals surface area (Å²) in [5.41, 5.74) is 5.19. The molecule has 0 unspecified atom stereocenters. The summed E-state index contributed by atoms with van der Waals surface area (Å²) >= 11 is 0. The molecular weight excluding hydrogens is 388 g/mol. The van der Waals surface area contributed by atoms with Gasteiger partial charge in [0, 0.05) is 31.6 Å². The normalized spacial score (nSPS) is 14.7. The number of aromatic nitrogens is 2. The lowest BCUT2D eigenvalue weighted by Gasteiger charge is -2.34. The minimum Gasteiger partial charge on any atom is -0.494 e. The van der Waals surface area contributed by atoms with Gasteiger partial charge in [0.2, 0.25) is 0 Å². The Labute approximate surface area is 182 Å². The third-order valence-corrected chi connectivity index (χ3v) is 6.16. The van der Waals surface area contributed by atoms with Gasteiger partial charge in [0.25, 0.3) is 6.01 Å². The lowest BCUT2D eigenvalue weighted by molar-refractivity contribution is 0.419. The fourth-order valence-corrected chi connectivity index (χ4v) is 4.25. The number of hydrogen-bond donors (Lipinski definition) is 0. The van der Waals surface area contributed by atoms with Gasteiger partial charge < -0.3 is 19.0 Å². The number of ether oxygens (including phenoxy) is 1. The second-order valence-electron chi connectivity index (χ2n) is 8.51. The predicted octanol–water partition coefficient (Wildman–Crippen LogP) is 5.14. The van der Waals surface area contributed by atoms with E-state index in [1.807, 2.05) is 18.2 Å². The number of benzene rings is 2. The molecule has 0 radical (unpaired) electrons. The molecule has 160 valence electrons. The van der Waals surface area contributed by atoms with Crippen LogP contribution in [0.2, 0.25) is 0 Å². The first-order valence-electron chi connectivity index (χ1n) is 10.9. The standard InChI is InChI=1S/C25H28N4O2/c1-16(2)18-8-9-21-20(15-18)26-25(31-21)29-12-10-28(11-13-29)23-14-17(3)19-6-5-7-22(30-4)24(19)27-23/h5-9,14-16H,10-13H2,1-4H3. The van der Waals surface area contributed by atoms with E-state index in [0.29, 0.717) is 11.9 Å². The number of aryl methyl sites for hydroxylation is 1. The largest absolute Gasteiger partial charge is 0.494 e. The molecule has 0 spiro atoms. The van der Waals surface area contributed by atoms with Gasteiger partial charge in [0.15, 0.2) is 5.58 Å². The fraction of sp³-hybridized carbons (Fsp3) is 0.360. The van der Waals surface area contributed by atoms with Crippen molar-refractivity contribution >= 4 is 33.8 Å². The predicted molar refractivity (Wildman–Crippen MR) is 126 cm³/mol. The average Bonchev–Trinajstić information content (AvgIpc) is 3.22. The van der Waals surface area contributed by atoms with E-state index in [0.717, 1.165) is 59.7 Å². The summed E-state index contributed by atoms with van der Waals surface area (Å²) in [6, 6.07) is 15.3. The van der Waals surface area contributed by atoms with E-state index >= 15 is 0 Å². The van der Waals surface area contributed by atoms with Gasteiger partial charge in [-0.3, -0.25) is 0 Å². The number of piperazine rings is 1. The van der Waals surface area contributed by atoms with Crippen molar-refractivity contribution in [3.63, 3.8) is 0 Å². The van der Waals surface area contributed by atoms with Gasteiger partial charge in [-0.25, -0.2) is 4.98 Å². The number of methoxy groups -OCH3 is 1. The second kappa shape index (κ2) is 7.76. The summed E-state index contributed by atoms with van der Waals surface area (Å²) in [5, 5.41) is 1.13. The highest BCUT2D eigenvalue weighted by atomic mass is 16.5. The molecular formula is C25H28N4O2. The number of rotatable bonds is 4. The number of fused-ring (bicyclic) bond motifs is 2. The first kappa shape index (κ1) is 19.7. The zero-order chi connectivity index (χ0) is 21.5. The third kappa shape index (κ3) is 3.56. The van der Waals surface area contributed by atoms with Crippen molar-refractivity contribution in [3.8, 4) is 5.75 Å². The summed E-state index contributed by atoms with van der Waals surface area (Å²) in [6.07, 6.45) is 0. The molecule has 0 saturated carbocycles. The van der Waals surface area contributed by atoms with Crippen LogP contribution in [0.25, 0.3) is 22.0 Å². The molecule has 1 fully saturated rings. The number of para-hydroxylation sites is 1. The Morgan fingerprint density at radius 2 is 1.74 bits per heavy atom. The Balaban J connectivity index is 1.36. The van der Waals surface area contributed by atoms with Gasteiger partial charge in [-0.2, -0.15) is 4.98 Å². The number of oxazole rings is 1. The Morgan fingerprint density at radius 1 is 0.968 bits per heavy atom. The Bertz CT molecular complexity index is 1240. The summed E-state index contributed by atoms with van der Waals surface area (Å²) in [6.45, 7) is 9.93. The topological polar surface area (TPSA) is 54.6 Å². The van der Waals surface area contributed by atoms with Crippen LogP contribution >= 0.6 is 0 Å². The maximum absolute atomic E-state index is 6.05. The van der Waals surface area contributed by atoms with E-state index in [4.69, 9.17) is 19.1 Å². The highest BCUT2D eigenvalue weighted by Crippen LogP contribution is 2.30. The highest BCUT2D eigenvalue weighted by Gasteiger charge is 2.23. The van der Waals surface area contributed by atoms with E-state index < -0.39 is 0 Å². The summed E-state index contributed by atoms with van der Waals surface area (Å²) in [5.74, 6) is 2.28. The van der Waals surface area contributed by atoms with Crippen molar-refractivity contribution in [3.05, 3.63) is 53.6 Å². The molecule has 0 atom stereocenters. The average molecular weight is 417 g/mol. The first-order valence-corrected chi connectivity index (χ1v) is 10.9. The molecule has 0 amide bonds. The van der Waals surface area contributed by atoms with Crippen LogP contribution in [0.15, 0.2) is 46.9 Å². The molecule has 1 aliphatic heterocycles. The van der Waals surface area contributed by atoms with Gasteiger partial charge >= 0.3 is 0 Å². The Morgan fingerprint density at radius 3 is 2.48 bits per heavy atom.